The van der Waals surface area contributed by atoms with Crippen LogP contribution in [0.15, 0.2) is 29.2 Å². The van der Waals surface area contributed by atoms with E-state index >= 15 is 0 Å². The number of sulfonamides is 1. The van der Waals surface area contributed by atoms with E-state index in [1.165, 1.54) is 24.3 Å². The minimum absolute atomic E-state index is 0.0414. The van der Waals surface area contributed by atoms with E-state index in [4.69, 9.17) is 10.4 Å². The molecule has 1 atom stereocenters. The monoisotopic (exact) mass is 296 g/mol. The van der Waals surface area contributed by atoms with Crippen LogP contribution in [-0.2, 0) is 14.8 Å². The molecular formula is C13H16N2O4S. The molecule has 0 amide bonds. The zero-order valence-corrected chi connectivity index (χ0v) is 12.0. The number of hydrogen-bond acceptors (Lipinski definition) is 4. The van der Waals surface area contributed by atoms with Crippen molar-refractivity contribution < 1.29 is 18.3 Å². The quantitative estimate of drug-likeness (QED) is 0.823. The van der Waals surface area contributed by atoms with Crippen LogP contribution in [0.1, 0.15) is 25.8 Å². The molecule has 0 aliphatic rings. The topological polar surface area (TPSA) is 107 Å². The number of hydrogen-bond donors (Lipinski definition) is 2. The maximum Gasteiger partial charge on any atom is 0.321 e. The number of benzene rings is 1. The summed E-state index contributed by atoms with van der Waals surface area (Å²) < 4.78 is 26.3. The molecule has 0 fully saturated rings. The smallest absolute Gasteiger partial charge is 0.321 e. The van der Waals surface area contributed by atoms with Gasteiger partial charge in [-0.05, 0) is 36.6 Å². The summed E-state index contributed by atoms with van der Waals surface area (Å²) in [5.74, 6) is -1.17. The Morgan fingerprint density at radius 2 is 1.90 bits per heavy atom. The summed E-state index contributed by atoms with van der Waals surface area (Å²) in [5, 5.41) is 17.7. The van der Waals surface area contributed by atoms with Gasteiger partial charge in [-0.15, -0.1) is 0 Å². The zero-order valence-electron chi connectivity index (χ0n) is 11.2. The molecule has 1 aromatic carbocycles. The van der Waals surface area contributed by atoms with E-state index in [2.05, 4.69) is 4.72 Å². The third kappa shape index (κ3) is 4.33. The molecule has 2 N–H and O–H groups in total. The van der Waals surface area contributed by atoms with Crippen molar-refractivity contribution in [3.8, 4) is 6.07 Å². The molecular weight excluding hydrogens is 280 g/mol. The Bertz CT molecular complexity index is 615. The Morgan fingerprint density at radius 1 is 1.35 bits per heavy atom. The lowest BCUT2D eigenvalue weighted by molar-refractivity contribution is -0.139. The lowest BCUT2D eigenvalue weighted by Gasteiger charge is -2.16. The first-order valence-electron chi connectivity index (χ1n) is 6.01. The van der Waals surface area contributed by atoms with Crippen molar-refractivity contribution in [3.63, 3.8) is 0 Å². The molecule has 0 radical (unpaired) electrons. The molecule has 6 nitrogen and oxygen atoms in total. The van der Waals surface area contributed by atoms with Crippen molar-refractivity contribution in [1.29, 1.82) is 5.26 Å². The van der Waals surface area contributed by atoms with Crippen LogP contribution in [-0.4, -0.2) is 25.5 Å². The molecule has 1 aromatic rings. The van der Waals surface area contributed by atoms with Gasteiger partial charge in [-0.25, -0.2) is 8.42 Å². The molecule has 7 heteroatoms. The maximum absolute atomic E-state index is 12.1. The summed E-state index contributed by atoms with van der Waals surface area (Å²) in [6, 6.07) is 5.99. The average molecular weight is 296 g/mol. The minimum atomic E-state index is -3.92. The summed E-state index contributed by atoms with van der Waals surface area (Å²) in [5.41, 5.74) is 0.334. The highest BCUT2D eigenvalue weighted by Crippen LogP contribution is 2.13. The van der Waals surface area contributed by atoms with Gasteiger partial charge in [0.25, 0.3) is 0 Å². The Kier molecular flexibility index (Phi) is 5.25. The fourth-order valence-corrected chi connectivity index (χ4v) is 2.84. The van der Waals surface area contributed by atoms with E-state index in [0.29, 0.717) is 5.56 Å². The standard InChI is InChI=1S/C13H16N2O4S/c1-9(2)7-12(13(16)17)15-20(18,19)11-5-3-10(8-14)4-6-11/h3-6,9,12,15H,7H2,1-2H3,(H,16,17)/t12-/m1/s1. The van der Waals surface area contributed by atoms with Gasteiger partial charge in [-0.2, -0.15) is 9.98 Å². The SMILES string of the molecule is CC(C)C[C@@H](NS(=O)(=O)c1ccc(C#N)cc1)C(=O)O. The fourth-order valence-electron chi connectivity index (χ4n) is 1.63. The van der Waals surface area contributed by atoms with E-state index in [0.717, 1.165) is 0 Å². The number of nitriles is 1. The van der Waals surface area contributed by atoms with Gasteiger partial charge in [-0.3, -0.25) is 4.79 Å². The molecule has 0 saturated heterocycles. The number of carboxylic acid groups (broad SMARTS) is 1. The second kappa shape index (κ2) is 6.50. The van der Waals surface area contributed by atoms with Crippen molar-refractivity contribution in [2.24, 2.45) is 5.92 Å². The van der Waals surface area contributed by atoms with Crippen molar-refractivity contribution in [1.82, 2.24) is 4.72 Å². The lowest BCUT2D eigenvalue weighted by Crippen LogP contribution is -2.41. The van der Waals surface area contributed by atoms with Crippen LogP contribution in [0.2, 0.25) is 0 Å². The van der Waals surface area contributed by atoms with Crippen molar-refractivity contribution >= 4 is 16.0 Å². The maximum atomic E-state index is 12.1. The molecule has 0 unspecified atom stereocenters. The van der Waals surface area contributed by atoms with E-state index < -0.39 is 22.0 Å². The summed E-state index contributed by atoms with van der Waals surface area (Å²) in [6.07, 6.45) is 0.199. The Hall–Kier alpha value is -1.91. The molecule has 0 aliphatic heterocycles. The minimum Gasteiger partial charge on any atom is -0.480 e. The second-order valence-electron chi connectivity index (χ2n) is 4.78. The van der Waals surface area contributed by atoms with E-state index in [9.17, 15) is 13.2 Å². The van der Waals surface area contributed by atoms with Crippen LogP contribution < -0.4 is 4.72 Å². The Morgan fingerprint density at radius 3 is 2.30 bits per heavy atom. The van der Waals surface area contributed by atoms with E-state index in [-0.39, 0.29) is 17.2 Å². The van der Waals surface area contributed by atoms with Crippen LogP contribution in [0.3, 0.4) is 0 Å². The third-order valence-electron chi connectivity index (χ3n) is 2.60. The van der Waals surface area contributed by atoms with Crippen molar-refractivity contribution in [2.45, 2.75) is 31.2 Å². The first-order valence-corrected chi connectivity index (χ1v) is 7.50. The molecule has 0 aliphatic carbocycles. The third-order valence-corrected chi connectivity index (χ3v) is 4.08. The number of carbonyl (C=O) groups is 1. The van der Waals surface area contributed by atoms with Crippen LogP contribution in [0, 0.1) is 17.2 Å². The molecule has 0 heterocycles. The van der Waals surface area contributed by atoms with Gasteiger partial charge < -0.3 is 5.11 Å². The molecule has 108 valence electrons. The van der Waals surface area contributed by atoms with Gasteiger partial charge in [0, 0.05) is 0 Å². The average Bonchev–Trinajstić information content (AvgIpc) is 2.37. The van der Waals surface area contributed by atoms with Gasteiger partial charge in [0.1, 0.15) is 6.04 Å². The van der Waals surface area contributed by atoms with Gasteiger partial charge >= 0.3 is 5.97 Å². The van der Waals surface area contributed by atoms with Crippen molar-refractivity contribution in [3.05, 3.63) is 29.8 Å². The van der Waals surface area contributed by atoms with Gasteiger partial charge in [0.05, 0.1) is 16.5 Å². The fraction of sp³-hybridized carbons (Fsp3) is 0.385. The largest absolute Gasteiger partial charge is 0.480 e. The predicted molar refractivity (Wildman–Crippen MR) is 72.4 cm³/mol. The van der Waals surface area contributed by atoms with Gasteiger partial charge in [-0.1, -0.05) is 13.8 Å². The molecule has 0 spiro atoms. The molecule has 0 saturated carbocycles. The molecule has 0 bridgehead atoms. The summed E-state index contributed by atoms with van der Waals surface area (Å²) >= 11 is 0. The number of carboxylic acids is 1. The van der Waals surface area contributed by atoms with Crippen LogP contribution in [0.4, 0.5) is 0 Å². The Balaban J connectivity index is 2.97. The van der Waals surface area contributed by atoms with Gasteiger partial charge in [0.2, 0.25) is 10.0 Å². The highest BCUT2D eigenvalue weighted by Gasteiger charge is 2.25. The summed E-state index contributed by atoms with van der Waals surface area (Å²) in [7, 11) is -3.92. The normalized spacial score (nSPS) is 12.9. The van der Waals surface area contributed by atoms with Crippen LogP contribution in [0.25, 0.3) is 0 Å². The number of aliphatic carboxylic acids is 1. The predicted octanol–water partition coefficient (Wildman–Crippen LogP) is 1.34. The molecule has 0 aromatic heterocycles. The van der Waals surface area contributed by atoms with Crippen molar-refractivity contribution in [2.75, 3.05) is 0 Å². The first-order chi connectivity index (χ1) is 9.26. The first kappa shape index (κ1) is 16.1. The zero-order chi connectivity index (χ0) is 15.3. The Labute approximate surface area is 118 Å². The highest BCUT2D eigenvalue weighted by atomic mass is 32.2. The van der Waals surface area contributed by atoms with Gasteiger partial charge in [0.15, 0.2) is 0 Å². The summed E-state index contributed by atoms with van der Waals surface area (Å²) in [4.78, 5) is 11.0. The van der Waals surface area contributed by atoms with E-state index in [1.807, 2.05) is 19.9 Å². The van der Waals surface area contributed by atoms with Crippen LogP contribution >= 0.6 is 0 Å². The second-order valence-corrected chi connectivity index (χ2v) is 6.49. The lowest BCUT2D eigenvalue weighted by atomic mass is 10.1. The highest BCUT2D eigenvalue weighted by molar-refractivity contribution is 7.89. The number of nitrogens with one attached hydrogen (secondary N) is 1. The number of rotatable bonds is 6. The molecule has 1 rings (SSSR count). The van der Waals surface area contributed by atoms with E-state index in [1.54, 1.807) is 0 Å². The summed E-state index contributed by atoms with van der Waals surface area (Å²) in [6.45, 7) is 3.62. The van der Waals surface area contributed by atoms with Crippen LogP contribution in [0.5, 0.6) is 0 Å². The molecule has 20 heavy (non-hydrogen) atoms. The number of nitrogens with zero attached hydrogens (tertiary/aromatic N) is 1.